The van der Waals surface area contributed by atoms with Crippen LogP contribution in [-0.2, 0) is 14.1 Å². The molecule has 2 rings (SSSR count). The number of nitrogens with zero attached hydrogens (tertiary/aromatic N) is 2. The second-order valence-corrected chi connectivity index (χ2v) is 5.19. The van der Waals surface area contributed by atoms with Crippen LogP contribution < -0.4 is 0 Å². The minimum absolute atomic E-state index is 0.342. The molecular weight excluding hydrogens is 206 g/mol. The van der Waals surface area contributed by atoms with E-state index in [1.807, 2.05) is 60.1 Å². The Morgan fingerprint density at radius 2 is 1.53 bits per heavy atom. The van der Waals surface area contributed by atoms with Crippen molar-refractivity contribution in [3.63, 3.8) is 0 Å². The zero-order valence-corrected chi connectivity index (χ0v) is 9.58. The lowest BCUT2D eigenvalue weighted by Crippen LogP contribution is -1.79. The summed E-state index contributed by atoms with van der Waals surface area (Å²) in [6, 6.07) is 4.08. The van der Waals surface area contributed by atoms with Crippen LogP contribution in [-0.4, -0.2) is 14.3 Å². The van der Waals surface area contributed by atoms with Crippen LogP contribution in [0.25, 0.3) is 0 Å². The third kappa shape index (κ3) is 1.96. The molecule has 0 saturated heterocycles. The van der Waals surface area contributed by atoms with Gasteiger partial charge < -0.3 is 9.13 Å². The summed E-state index contributed by atoms with van der Waals surface area (Å²) in [5.41, 5.74) is 0. The molecular formula is C11H13N3S. The SMILES string of the molecule is Cn1ccc(S(=C=N)c2ccn(C)c2)c1. The fourth-order valence-corrected chi connectivity index (χ4v) is 2.90. The first-order chi connectivity index (χ1) is 7.20. The topological polar surface area (TPSA) is 33.7 Å². The molecule has 2 aromatic rings. The van der Waals surface area contributed by atoms with E-state index < -0.39 is 0 Å². The molecule has 0 unspecified atom stereocenters. The highest BCUT2D eigenvalue weighted by Gasteiger charge is 2.05. The predicted octanol–water partition coefficient (Wildman–Crippen LogP) is 2.53. The summed E-state index contributed by atoms with van der Waals surface area (Å²) in [5, 5.41) is 10.0. The highest BCUT2D eigenvalue weighted by atomic mass is 32.2. The highest BCUT2D eigenvalue weighted by Crippen LogP contribution is 2.34. The number of hydrogen-bond donors (Lipinski definition) is 1. The van der Waals surface area contributed by atoms with Gasteiger partial charge in [0.15, 0.2) is 0 Å². The Hall–Kier alpha value is -1.51. The smallest absolute Gasteiger partial charge is 0.0328 e. The molecule has 0 saturated carbocycles. The van der Waals surface area contributed by atoms with E-state index in [1.54, 1.807) is 0 Å². The molecule has 15 heavy (non-hydrogen) atoms. The number of aryl methyl sites for hydroxylation is 2. The molecule has 0 radical (unpaired) electrons. The van der Waals surface area contributed by atoms with Crippen molar-refractivity contribution in [2.45, 2.75) is 9.79 Å². The van der Waals surface area contributed by atoms with Crippen LogP contribution in [0.5, 0.6) is 0 Å². The summed E-state index contributed by atoms with van der Waals surface area (Å²) >= 11 is 0. The summed E-state index contributed by atoms with van der Waals surface area (Å²) in [6.45, 7) is 0. The van der Waals surface area contributed by atoms with Gasteiger partial charge in [0.05, 0.1) is 0 Å². The molecule has 78 valence electrons. The average Bonchev–Trinajstić information content (AvgIpc) is 2.78. The van der Waals surface area contributed by atoms with Crippen LogP contribution in [0.15, 0.2) is 46.7 Å². The van der Waals surface area contributed by atoms with Crippen LogP contribution >= 0.6 is 10.5 Å². The van der Waals surface area contributed by atoms with Gasteiger partial charge in [-0.15, -0.1) is 0 Å². The lowest BCUT2D eigenvalue weighted by Gasteiger charge is -1.99. The monoisotopic (exact) mass is 219 g/mol. The average molecular weight is 219 g/mol. The van der Waals surface area contributed by atoms with Crippen LogP contribution in [0, 0.1) is 5.41 Å². The molecule has 2 aromatic heterocycles. The van der Waals surface area contributed by atoms with E-state index in [0.29, 0.717) is 0 Å². The van der Waals surface area contributed by atoms with E-state index in [9.17, 15) is 0 Å². The first-order valence-electron chi connectivity index (χ1n) is 4.61. The van der Waals surface area contributed by atoms with E-state index >= 15 is 0 Å². The fraction of sp³-hybridized carbons (Fsp3) is 0.182. The Kier molecular flexibility index (Phi) is 2.62. The summed E-state index contributed by atoms with van der Waals surface area (Å²) in [4.78, 5) is 2.28. The Morgan fingerprint density at radius 3 is 1.80 bits per heavy atom. The highest BCUT2D eigenvalue weighted by molar-refractivity contribution is 8.14. The van der Waals surface area contributed by atoms with Crippen molar-refractivity contribution in [3.8, 4) is 0 Å². The maximum Gasteiger partial charge on any atom is 0.0328 e. The molecule has 0 aliphatic carbocycles. The molecule has 4 heteroatoms. The summed E-state index contributed by atoms with van der Waals surface area (Å²) in [6.07, 6.45) is 8.07. The first-order valence-corrected chi connectivity index (χ1v) is 5.84. The molecule has 0 atom stereocenters. The van der Waals surface area contributed by atoms with Crippen molar-refractivity contribution in [1.29, 1.82) is 5.41 Å². The van der Waals surface area contributed by atoms with Gasteiger partial charge in [-0.3, -0.25) is 5.41 Å². The molecule has 0 aliphatic rings. The Balaban J connectivity index is 2.46. The molecule has 0 fully saturated rings. The van der Waals surface area contributed by atoms with Crippen molar-refractivity contribution in [2.24, 2.45) is 14.1 Å². The van der Waals surface area contributed by atoms with E-state index in [1.165, 1.54) is 0 Å². The van der Waals surface area contributed by atoms with Crippen molar-refractivity contribution in [1.82, 2.24) is 9.13 Å². The first kappa shape index (κ1) is 10.0. The lowest BCUT2D eigenvalue weighted by atomic mass is 10.7. The maximum atomic E-state index is 7.40. The van der Waals surface area contributed by atoms with Gasteiger partial charge in [-0.2, -0.15) is 0 Å². The molecule has 0 aromatic carbocycles. The van der Waals surface area contributed by atoms with Crippen molar-refractivity contribution < 1.29 is 0 Å². The minimum atomic E-state index is -0.342. The van der Waals surface area contributed by atoms with Gasteiger partial charge in [-0.05, 0) is 12.1 Å². The lowest BCUT2D eigenvalue weighted by molar-refractivity contribution is 0.918. The van der Waals surface area contributed by atoms with Gasteiger partial charge in [0, 0.05) is 53.8 Å². The largest absolute Gasteiger partial charge is 0.356 e. The number of isothiocyanates is 1. The van der Waals surface area contributed by atoms with Crippen molar-refractivity contribution in [3.05, 3.63) is 36.9 Å². The van der Waals surface area contributed by atoms with E-state index in [4.69, 9.17) is 5.41 Å². The number of hydrogen-bond acceptors (Lipinski definition) is 1. The van der Waals surface area contributed by atoms with Crippen molar-refractivity contribution in [2.75, 3.05) is 0 Å². The Bertz CT molecular complexity index is 487. The number of rotatable bonds is 2. The molecule has 0 spiro atoms. The quantitative estimate of drug-likeness (QED) is 0.595. The van der Waals surface area contributed by atoms with Crippen LogP contribution in [0.1, 0.15) is 0 Å². The van der Waals surface area contributed by atoms with Crippen LogP contribution in [0.2, 0.25) is 0 Å². The molecule has 2 heterocycles. The Morgan fingerprint density at radius 1 is 1.07 bits per heavy atom. The van der Waals surface area contributed by atoms with Gasteiger partial charge in [0.25, 0.3) is 0 Å². The third-order valence-corrected chi connectivity index (χ3v) is 3.81. The minimum Gasteiger partial charge on any atom is -0.356 e. The second-order valence-electron chi connectivity index (χ2n) is 3.43. The summed E-state index contributed by atoms with van der Waals surface area (Å²) in [7, 11) is 3.63. The van der Waals surface area contributed by atoms with E-state index in [0.717, 1.165) is 9.79 Å². The number of nitrogens with one attached hydrogen (secondary N) is 1. The molecule has 1 N–H and O–H groups in total. The van der Waals surface area contributed by atoms with Gasteiger partial charge in [0.2, 0.25) is 0 Å². The normalized spacial score (nSPS) is 10.6. The standard InChI is InChI=1S/C11H13N3S/c1-13-5-3-10(7-13)15(9-12)11-4-6-14(2)8-11/h3-8,12H,1-2H3. The van der Waals surface area contributed by atoms with Gasteiger partial charge in [0.1, 0.15) is 0 Å². The van der Waals surface area contributed by atoms with E-state index in [2.05, 4.69) is 5.16 Å². The van der Waals surface area contributed by atoms with Crippen LogP contribution in [0.3, 0.4) is 0 Å². The predicted molar refractivity (Wildman–Crippen MR) is 62.7 cm³/mol. The summed E-state index contributed by atoms with van der Waals surface area (Å²) in [5.74, 6) is 0. The zero-order valence-electron chi connectivity index (χ0n) is 8.77. The molecule has 3 nitrogen and oxygen atoms in total. The fourth-order valence-electron chi connectivity index (χ4n) is 1.45. The maximum absolute atomic E-state index is 7.40. The van der Waals surface area contributed by atoms with Gasteiger partial charge >= 0.3 is 0 Å². The molecule has 0 amide bonds. The van der Waals surface area contributed by atoms with Crippen LogP contribution in [0.4, 0.5) is 0 Å². The third-order valence-electron chi connectivity index (χ3n) is 2.18. The van der Waals surface area contributed by atoms with Gasteiger partial charge in [-0.25, -0.2) is 0 Å². The number of aromatic nitrogens is 2. The second kappa shape index (κ2) is 3.93. The van der Waals surface area contributed by atoms with Gasteiger partial charge in [-0.1, -0.05) is 10.5 Å². The van der Waals surface area contributed by atoms with Crippen molar-refractivity contribution >= 4 is 15.6 Å². The summed E-state index contributed by atoms with van der Waals surface area (Å²) < 4.78 is 3.99. The molecule has 0 aliphatic heterocycles. The Labute approximate surface area is 91.4 Å². The zero-order chi connectivity index (χ0) is 10.8. The van der Waals surface area contributed by atoms with E-state index in [-0.39, 0.29) is 10.5 Å². The molecule has 0 bridgehead atoms.